The Bertz CT molecular complexity index is 768. The smallest absolute Gasteiger partial charge is 0.269 e. The lowest BCUT2D eigenvalue weighted by Crippen LogP contribution is -2.16. The van der Waals surface area contributed by atoms with Crippen LogP contribution in [0.2, 0.25) is 0 Å². The first kappa shape index (κ1) is 22.1. The Kier molecular flexibility index (Phi) is 9.19. The molecule has 152 valence electrons. The SMILES string of the molecule is CCOc1cc(CNCCCOC)c(Br)cc1OCc1ccc([N+](=O)[O-])cc1. The van der Waals surface area contributed by atoms with E-state index in [1.54, 1.807) is 19.2 Å². The number of nitro benzene ring substituents is 1. The van der Waals surface area contributed by atoms with E-state index in [1.807, 2.05) is 19.1 Å². The van der Waals surface area contributed by atoms with Gasteiger partial charge in [0.2, 0.25) is 0 Å². The van der Waals surface area contributed by atoms with Gasteiger partial charge in [0.1, 0.15) is 6.61 Å². The Morgan fingerprint density at radius 1 is 1.14 bits per heavy atom. The molecule has 28 heavy (non-hydrogen) atoms. The standard InChI is InChI=1S/C20H25BrN2O5/c1-3-27-19-11-16(13-22-9-4-10-26-2)18(21)12-20(19)28-14-15-5-7-17(8-6-15)23(24)25/h5-8,11-12,22H,3-4,9-10,13-14H2,1-2H3. The normalized spacial score (nSPS) is 10.7. The fourth-order valence-electron chi connectivity index (χ4n) is 2.53. The zero-order chi connectivity index (χ0) is 20.4. The molecule has 0 amide bonds. The van der Waals surface area contributed by atoms with Gasteiger partial charge < -0.3 is 19.5 Å². The molecular formula is C20H25BrN2O5. The van der Waals surface area contributed by atoms with Crippen LogP contribution in [0.5, 0.6) is 11.5 Å². The number of methoxy groups -OCH3 is 1. The highest BCUT2D eigenvalue weighted by Gasteiger charge is 2.12. The third kappa shape index (κ3) is 6.78. The van der Waals surface area contributed by atoms with Gasteiger partial charge in [0.25, 0.3) is 5.69 Å². The van der Waals surface area contributed by atoms with Crippen molar-refractivity contribution in [3.63, 3.8) is 0 Å². The van der Waals surface area contributed by atoms with E-state index < -0.39 is 4.92 Å². The number of rotatable bonds is 12. The van der Waals surface area contributed by atoms with Crippen molar-refractivity contribution in [1.82, 2.24) is 5.32 Å². The van der Waals surface area contributed by atoms with Crippen molar-refractivity contribution in [2.75, 3.05) is 26.9 Å². The number of halogens is 1. The van der Waals surface area contributed by atoms with Crippen LogP contribution >= 0.6 is 15.9 Å². The van der Waals surface area contributed by atoms with Crippen molar-refractivity contribution >= 4 is 21.6 Å². The number of hydrogen-bond donors (Lipinski definition) is 1. The zero-order valence-corrected chi connectivity index (χ0v) is 17.7. The second-order valence-corrected chi connectivity index (χ2v) is 6.91. The largest absolute Gasteiger partial charge is 0.490 e. The van der Waals surface area contributed by atoms with E-state index in [1.165, 1.54) is 12.1 Å². The van der Waals surface area contributed by atoms with E-state index in [4.69, 9.17) is 14.2 Å². The molecule has 0 fully saturated rings. The fraction of sp³-hybridized carbons (Fsp3) is 0.400. The average Bonchev–Trinajstić information content (AvgIpc) is 2.69. The van der Waals surface area contributed by atoms with Crippen LogP contribution < -0.4 is 14.8 Å². The van der Waals surface area contributed by atoms with E-state index in [9.17, 15) is 10.1 Å². The van der Waals surface area contributed by atoms with Crippen molar-refractivity contribution in [3.8, 4) is 11.5 Å². The first-order valence-electron chi connectivity index (χ1n) is 9.06. The van der Waals surface area contributed by atoms with Crippen LogP contribution in [-0.4, -0.2) is 31.8 Å². The average molecular weight is 453 g/mol. The molecule has 0 radical (unpaired) electrons. The third-order valence-electron chi connectivity index (χ3n) is 3.97. The molecule has 2 aromatic carbocycles. The number of nitrogens with zero attached hydrogens (tertiary/aromatic N) is 1. The molecule has 0 aromatic heterocycles. The summed E-state index contributed by atoms with van der Waals surface area (Å²) in [5, 5.41) is 14.1. The summed E-state index contributed by atoms with van der Waals surface area (Å²) in [5.41, 5.74) is 1.97. The van der Waals surface area contributed by atoms with Crippen LogP contribution in [0.4, 0.5) is 5.69 Å². The molecule has 1 N–H and O–H groups in total. The topological polar surface area (TPSA) is 82.9 Å². The Balaban J connectivity index is 2.03. The minimum absolute atomic E-state index is 0.0591. The van der Waals surface area contributed by atoms with E-state index in [2.05, 4.69) is 21.2 Å². The number of hydrogen-bond acceptors (Lipinski definition) is 6. The molecule has 0 aliphatic carbocycles. The predicted octanol–water partition coefficient (Wildman–Crippen LogP) is 4.46. The van der Waals surface area contributed by atoms with Crippen LogP contribution in [-0.2, 0) is 17.9 Å². The number of nitro groups is 1. The Morgan fingerprint density at radius 2 is 1.86 bits per heavy atom. The summed E-state index contributed by atoms with van der Waals surface area (Å²) in [7, 11) is 1.69. The van der Waals surface area contributed by atoms with Gasteiger partial charge in [0.05, 0.1) is 11.5 Å². The minimum atomic E-state index is -0.420. The number of ether oxygens (including phenoxy) is 3. The van der Waals surface area contributed by atoms with Crippen molar-refractivity contribution in [3.05, 3.63) is 62.1 Å². The van der Waals surface area contributed by atoms with Gasteiger partial charge in [0.15, 0.2) is 11.5 Å². The molecule has 2 aromatic rings. The summed E-state index contributed by atoms with van der Waals surface area (Å²) < 4.78 is 17.6. The molecule has 0 saturated carbocycles. The van der Waals surface area contributed by atoms with Crippen LogP contribution in [0.15, 0.2) is 40.9 Å². The van der Waals surface area contributed by atoms with Gasteiger partial charge in [0, 0.05) is 36.9 Å². The van der Waals surface area contributed by atoms with Crippen molar-refractivity contribution < 1.29 is 19.1 Å². The maximum Gasteiger partial charge on any atom is 0.269 e. The quantitative estimate of drug-likeness (QED) is 0.290. The van der Waals surface area contributed by atoms with E-state index in [0.717, 1.165) is 35.2 Å². The molecular weight excluding hydrogens is 428 g/mol. The molecule has 0 spiro atoms. The van der Waals surface area contributed by atoms with Gasteiger partial charge >= 0.3 is 0 Å². The first-order valence-corrected chi connectivity index (χ1v) is 9.85. The second kappa shape index (κ2) is 11.6. The monoisotopic (exact) mass is 452 g/mol. The zero-order valence-electron chi connectivity index (χ0n) is 16.1. The Morgan fingerprint density at radius 3 is 2.50 bits per heavy atom. The second-order valence-electron chi connectivity index (χ2n) is 6.06. The maximum atomic E-state index is 10.7. The molecule has 8 heteroatoms. The Hall–Kier alpha value is -2.16. The summed E-state index contributed by atoms with van der Waals surface area (Å²) >= 11 is 3.59. The molecule has 0 aliphatic heterocycles. The van der Waals surface area contributed by atoms with Crippen molar-refractivity contribution in [2.24, 2.45) is 0 Å². The molecule has 2 rings (SSSR count). The highest BCUT2D eigenvalue weighted by atomic mass is 79.9. The highest BCUT2D eigenvalue weighted by Crippen LogP contribution is 2.34. The van der Waals surface area contributed by atoms with Gasteiger partial charge in [-0.2, -0.15) is 0 Å². The molecule has 0 saturated heterocycles. The van der Waals surface area contributed by atoms with Gasteiger partial charge in [-0.25, -0.2) is 0 Å². The minimum Gasteiger partial charge on any atom is -0.490 e. The van der Waals surface area contributed by atoms with E-state index >= 15 is 0 Å². The van der Waals surface area contributed by atoms with Crippen LogP contribution in [0.3, 0.4) is 0 Å². The molecule has 0 heterocycles. The first-order chi connectivity index (χ1) is 13.5. The van der Waals surface area contributed by atoms with Crippen LogP contribution in [0.25, 0.3) is 0 Å². The summed E-state index contributed by atoms with van der Waals surface area (Å²) in [5.74, 6) is 1.29. The van der Waals surface area contributed by atoms with Crippen LogP contribution in [0.1, 0.15) is 24.5 Å². The van der Waals surface area contributed by atoms with Gasteiger partial charge in [-0.05, 0) is 55.3 Å². The molecule has 7 nitrogen and oxygen atoms in total. The maximum absolute atomic E-state index is 10.7. The summed E-state index contributed by atoms with van der Waals surface area (Å²) in [4.78, 5) is 10.3. The van der Waals surface area contributed by atoms with Crippen LogP contribution in [0, 0.1) is 10.1 Å². The van der Waals surface area contributed by atoms with E-state index in [0.29, 0.717) is 31.3 Å². The van der Waals surface area contributed by atoms with E-state index in [-0.39, 0.29) is 5.69 Å². The lowest BCUT2D eigenvalue weighted by molar-refractivity contribution is -0.384. The third-order valence-corrected chi connectivity index (χ3v) is 4.71. The lowest BCUT2D eigenvalue weighted by Gasteiger charge is -2.15. The summed E-state index contributed by atoms with van der Waals surface area (Å²) in [6.45, 7) is 5.03. The van der Waals surface area contributed by atoms with Crippen molar-refractivity contribution in [2.45, 2.75) is 26.5 Å². The molecule has 0 unspecified atom stereocenters. The molecule has 0 bridgehead atoms. The number of benzene rings is 2. The summed E-state index contributed by atoms with van der Waals surface area (Å²) in [6, 6.07) is 10.2. The van der Waals surface area contributed by atoms with Gasteiger partial charge in [-0.3, -0.25) is 10.1 Å². The molecule has 0 atom stereocenters. The number of nitrogens with one attached hydrogen (secondary N) is 1. The van der Waals surface area contributed by atoms with Gasteiger partial charge in [-0.15, -0.1) is 0 Å². The number of non-ortho nitro benzene ring substituents is 1. The Labute approximate surface area is 173 Å². The van der Waals surface area contributed by atoms with Gasteiger partial charge in [-0.1, -0.05) is 15.9 Å². The lowest BCUT2D eigenvalue weighted by atomic mass is 10.2. The van der Waals surface area contributed by atoms with Crippen molar-refractivity contribution in [1.29, 1.82) is 0 Å². The summed E-state index contributed by atoms with van der Waals surface area (Å²) in [6.07, 6.45) is 0.947. The molecule has 0 aliphatic rings. The highest BCUT2D eigenvalue weighted by molar-refractivity contribution is 9.10. The predicted molar refractivity (Wildman–Crippen MR) is 111 cm³/mol. The fourth-order valence-corrected chi connectivity index (χ4v) is 3.00.